The topological polar surface area (TPSA) is 66.8 Å². The summed E-state index contributed by atoms with van der Waals surface area (Å²) in [6.45, 7) is 4.58. The van der Waals surface area contributed by atoms with Gasteiger partial charge in [-0.25, -0.2) is 0 Å². The lowest BCUT2D eigenvalue weighted by atomic mass is 9.95. The minimum absolute atomic E-state index is 0.0731. The molecule has 1 aliphatic heterocycles. The number of aryl methyl sites for hydroxylation is 1. The number of carbonyl (C=O) groups excluding carboxylic acids is 2. The monoisotopic (exact) mass is 427 g/mol. The van der Waals surface area contributed by atoms with E-state index in [2.05, 4.69) is 0 Å². The van der Waals surface area contributed by atoms with Crippen LogP contribution in [0.1, 0.15) is 36.1 Å². The molecule has 1 heterocycles. The zero-order chi connectivity index (χ0) is 22.7. The summed E-state index contributed by atoms with van der Waals surface area (Å²) >= 11 is 0. The Hall–Kier alpha value is -3.86. The number of aliphatic hydroxyl groups is 1. The van der Waals surface area contributed by atoms with Crippen LogP contribution in [0.3, 0.4) is 0 Å². The molecule has 32 heavy (non-hydrogen) atoms. The number of aliphatic hydroxyl groups excluding tert-OH is 1. The van der Waals surface area contributed by atoms with Crippen molar-refractivity contribution >= 4 is 23.1 Å². The van der Waals surface area contributed by atoms with Gasteiger partial charge in [0.15, 0.2) is 0 Å². The van der Waals surface area contributed by atoms with Crippen molar-refractivity contribution in [3.05, 3.63) is 101 Å². The predicted molar refractivity (Wildman–Crippen MR) is 125 cm³/mol. The molecule has 4 rings (SSSR count). The molecular weight excluding hydrogens is 402 g/mol. The van der Waals surface area contributed by atoms with Gasteiger partial charge >= 0.3 is 0 Å². The molecule has 1 saturated heterocycles. The highest BCUT2D eigenvalue weighted by atomic mass is 16.5. The standard InChI is InChI=1S/C27H25NO4/c1-3-17-32-22-15-11-20(12-16-22)25(29)23-24(19-7-5-4-6-8-19)28(27(31)26(23)30)21-13-9-18(2)10-14-21/h4-16,24,29H,3,17H2,1-2H3/b25-23+. The van der Waals surface area contributed by atoms with Gasteiger partial charge in [0.1, 0.15) is 11.5 Å². The van der Waals surface area contributed by atoms with E-state index in [0.717, 1.165) is 17.5 Å². The number of anilines is 1. The SMILES string of the molecule is CCCOc1ccc(/C(O)=C2\C(=O)C(=O)N(c3ccc(C)cc3)C2c2ccccc2)cc1. The average molecular weight is 428 g/mol. The number of nitrogens with zero attached hydrogens (tertiary/aromatic N) is 1. The quantitative estimate of drug-likeness (QED) is 0.324. The molecule has 0 bridgehead atoms. The highest BCUT2D eigenvalue weighted by Gasteiger charge is 2.46. The summed E-state index contributed by atoms with van der Waals surface area (Å²) in [5.41, 5.74) is 2.93. The molecule has 5 nitrogen and oxygen atoms in total. The van der Waals surface area contributed by atoms with E-state index in [9.17, 15) is 14.7 Å². The van der Waals surface area contributed by atoms with Crippen LogP contribution in [-0.2, 0) is 9.59 Å². The van der Waals surface area contributed by atoms with Crippen LogP contribution >= 0.6 is 0 Å². The second-order valence-electron chi connectivity index (χ2n) is 7.79. The summed E-state index contributed by atoms with van der Waals surface area (Å²) in [6, 6.07) is 22.9. The first-order valence-corrected chi connectivity index (χ1v) is 10.7. The van der Waals surface area contributed by atoms with Gasteiger partial charge in [0.2, 0.25) is 0 Å². The number of carbonyl (C=O) groups is 2. The summed E-state index contributed by atoms with van der Waals surface area (Å²) in [4.78, 5) is 27.7. The van der Waals surface area contributed by atoms with Crippen LogP contribution in [0.25, 0.3) is 5.76 Å². The van der Waals surface area contributed by atoms with Crippen molar-refractivity contribution in [3.8, 4) is 5.75 Å². The molecule has 1 amide bonds. The van der Waals surface area contributed by atoms with Gasteiger partial charge in [-0.05, 0) is 55.3 Å². The maximum absolute atomic E-state index is 13.1. The van der Waals surface area contributed by atoms with Crippen molar-refractivity contribution in [2.75, 3.05) is 11.5 Å². The summed E-state index contributed by atoms with van der Waals surface area (Å²) in [6.07, 6.45) is 0.890. The van der Waals surface area contributed by atoms with E-state index in [1.54, 1.807) is 24.3 Å². The van der Waals surface area contributed by atoms with Gasteiger partial charge < -0.3 is 9.84 Å². The van der Waals surface area contributed by atoms with Gasteiger partial charge in [-0.1, -0.05) is 55.0 Å². The number of amides is 1. The van der Waals surface area contributed by atoms with E-state index >= 15 is 0 Å². The van der Waals surface area contributed by atoms with E-state index in [-0.39, 0.29) is 11.3 Å². The second-order valence-corrected chi connectivity index (χ2v) is 7.79. The lowest BCUT2D eigenvalue weighted by Gasteiger charge is -2.25. The third kappa shape index (κ3) is 4.02. The van der Waals surface area contributed by atoms with Crippen LogP contribution < -0.4 is 9.64 Å². The number of rotatable bonds is 6. The zero-order valence-corrected chi connectivity index (χ0v) is 18.1. The number of benzene rings is 3. The fourth-order valence-corrected chi connectivity index (χ4v) is 3.84. The number of ketones is 1. The molecule has 0 spiro atoms. The number of Topliss-reactive ketones (excluding diaryl/α,β-unsaturated/α-hetero) is 1. The summed E-state index contributed by atoms with van der Waals surface area (Å²) in [5.74, 6) is -0.882. The van der Waals surface area contributed by atoms with Crippen LogP contribution in [0.2, 0.25) is 0 Å². The van der Waals surface area contributed by atoms with Crippen LogP contribution in [0.15, 0.2) is 84.4 Å². The Morgan fingerprint density at radius 3 is 2.22 bits per heavy atom. The average Bonchev–Trinajstić information content (AvgIpc) is 3.09. The van der Waals surface area contributed by atoms with E-state index in [1.165, 1.54) is 4.90 Å². The summed E-state index contributed by atoms with van der Waals surface area (Å²) in [7, 11) is 0. The van der Waals surface area contributed by atoms with Gasteiger partial charge in [-0.2, -0.15) is 0 Å². The zero-order valence-electron chi connectivity index (χ0n) is 18.1. The van der Waals surface area contributed by atoms with Crippen molar-refractivity contribution in [1.29, 1.82) is 0 Å². The maximum Gasteiger partial charge on any atom is 0.300 e. The Morgan fingerprint density at radius 1 is 0.938 bits per heavy atom. The molecule has 1 unspecified atom stereocenters. The molecule has 1 atom stereocenters. The first kappa shape index (κ1) is 21.4. The van der Waals surface area contributed by atoms with Gasteiger partial charge in [-0.15, -0.1) is 0 Å². The minimum atomic E-state index is -0.727. The Morgan fingerprint density at radius 2 is 1.59 bits per heavy atom. The molecule has 5 heteroatoms. The van der Waals surface area contributed by atoms with E-state index in [4.69, 9.17) is 4.74 Å². The Kier molecular flexibility index (Phi) is 6.08. The van der Waals surface area contributed by atoms with Gasteiger partial charge in [-0.3, -0.25) is 14.5 Å². The van der Waals surface area contributed by atoms with Crippen molar-refractivity contribution in [2.45, 2.75) is 26.3 Å². The molecule has 162 valence electrons. The van der Waals surface area contributed by atoms with Crippen LogP contribution in [0, 0.1) is 6.92 Å². The smallest absolute Gasteiger partial charge is 0.300 e. The Balaban J connectivity index is 1.82. The molecule has 3 aromatic carbocycles. The van der Waals surface area contributed by atoms with Crippen molar-refractivity contribution in [2.24, 2.45) is 0 Å². The van der Waals surface area contributed by atoms with Crippen molar-refractivity contribution < 1.29 is 19.4 Å². The first-order valence-electron chi connectivity index (χ1n) is 10.7. The fourth-order valence-electron chi connectivity index (χ4n) is 3.84. The number of ether oxygens (including phenoxy) is 1. The molecule has 3 aromatic rings. The first-order chi connectivity index (χ1) is 15.5. The van der Waals surface area contributed by atoms with Gasteiger partial charge in [0.05, 0.1) is 18.2 Å². The third-order valence-corrected chi connectivity index (χ3v) is 5.47. The summed E-state index contributed by atoms with van der Waals surface area (Å²) < 4.78 is 5.60. The Bertz CT molecular complexity index is 1150. The molecule has 1 N–H and O–H groups in total. The molecular formula is C27H25NO4. The molecule has 0 aliphatic carbocycles. The maximum atomic E-state index is 13.1. The largest absolute Gasteiger partial charge is 0.507 e. The van der Waals surface area contributed by atoms with Crippen molar-refractivity contribution in [3.63, 3.8) is 0 Å². The van der Waals surface area contributed by atoms with Gasteiger partial charge in [0.25, 0.3) is 11.7 Å². The fraction of sp³-hybridized carbons (Fsp3) is 0.185. The lowest BCUT2D eigenvalue weighted by Crippen LogP contribution is -2.29. The summed E-state index contributed by atoms with van der Waals surface area (Å²) in [5, 5.41) is 11.2. The molecule has 0 radical (unpaired) electrons. The van der Waals surface area contributed by atoms with E-state index in [0.29, 0.717) is 23.6 Å². The number of hydrogen-bond donors (Lipinski definition) is 1. The highest BCUT2D eigenvalue weighted by Crippen LogP contribution is 2.42. The van der Waals surface area contributed by atoms with Crippen molar-refractivity contribution in [1.82, 2.24) is 0 Å². The van der Waals surface area contributed by atoms with Gasteiger partial charge in [0, 0.05) is 11.3 Å². The normalized spacial score (nSPS) is 17.6. The second kappa shape index (κ2) is 9.10. The highest BCUT2D eigenvalue weighted by molar-refractivity contribution is 6.51. The predicted octanol–water partition coefficient (Wildman–Crippen LogP) is 5.41. The van der Waals surface area contributed by atoms with E-state index < -0.39 is 17.7 Å². The van der Waals surface area contributed by atoms with E-state index in [1.807, 2.05) is 68.4 Å². The minimum Gasteiger partial charge on any atom is -0.507 e. The lowest BCUT2D eigenvalue weighted by molar-refractivity contribution is -0.132. The van der Waals surface area contributed by atoms with Crippen LogP contribution in [0.4, 0.5) is 5.69 Å². The molecule has 1 aliphatic rings. The van der Waals surface area contributed by atoms with Crippen LogP contribution in [0.5, 0.6) is 5.75 Å². The molecule has 0 saturated carbocycles. The number of hydrogen-bond acceptors (Lipinski definition) is 4. The molecule has 0 aromatic heterocycles. The van der Waals surface area contributed by atoms with Crippen LogP contribution in [-0.4, -0.2) is 23.4 Å². The third-order valence-electron chi connectivity index (χ3n) is 5.47. The Labute approximate surface area is 187 Å². The molecule has 1 fully saturated rings.